The van der Waals surface area contributed by atoms with Crippen LogP contribution in [0.5, 0.6) is 0 Å². The molecule has 0 aliphatic carbocycles. The number of thiazole rings is 1. The van der Waals surface area contributed by atoms with Crippen LogP contribution in [0.3, 0.4) is 0 Å². The Bertz CT molecular complexity index is 901. The van der Waals surface area contributed by atoms with E-state index in [0.29, 0.717) is 6.42 Å². The number of carbonyl (C=O) groups excluding carboxylic acids is 2. The molecule has 27 heavy (non-hydrogen) atoms. The molecule has 1 atom stereocenters. The Morgan fingerprint density at radius 2 is 1.81 bits per heavy atom. The number of carbonyl (C=O) groups is 2. The van der Waals surface area contributed by atoms with Gasteiger partial charge in [0.05, 0.1) is 23.3 Å². The highest BCUT2D eigenvalue weighted by molar-refractivity contribution is 7.07. The second-order valence-electron chi connectivity index (χ2n) is 5.89. The van der Waals surface area contributed by atoms with Gasteiger partial charge in [-0.15, -0.1) is 11.3 Å². The molecule has 3 aromatic rings. The van der Waals surface area contributed by atoms with Crippen LogP contribution in [0.15, 0.2) is 65.5 Å². The van der Waals surface area contributed by atoms with Crippen LogP contribution in [0.1, 0.15) is 21.6 Å². The second kappa shape index (κ2) is 9.05. The maximum absolute atomic E-state index is 13.9. The highest BCUT2D eigenvalue weighted by atomic mass is 32.1. The Morgan fingerprint density at radius 3 is 2.52 bits per heavy atom. The van der Waals surface area contributed by atoms with Crippen LogP contribution in [0.25, 0.3) is 0 Å². The fourth-order valence-electron chi connectivity index (χ4n) is 2.57. The predicted molar refractivity (Wildman–Crippen MR) is 102 cm³/mol. The van der Waals surface area contributed by atoms with E-state index in [1.165, 1.54) is 29.5 Å². The Balaban J connectivity index is 1.73. The first-order valence-electron chi connectivity index (χ1n) is 8.37. The Labute approximate surface area is 160 Å². The van der Waals surface area contributed by atoms with E-state index in [4.69, 9.17) is 0 Å². The first-order valence-corrected chi connectivity index (χ1v) is 9.32. The molecule has 2 aromatic carbocycles. The number of halogens is 1. The van der Waals surface area contributed by atoms with Gasteiger partial charge in [0.15, 0.2) is 0 Å². The number of hydrogen-bond donors (Lipinski definition) is 2. The summed E-state index contributed by atoms with van der Waals surface area (Å²) in [6.07, 6.45) is 0.296. The van der Waals surface area contributed by atoms with Crippen molar-refractivity contribution < 1.29 is 14.0 Å². The lowest BCUT2D eigenvalue weighted by Crippen LogP contribution is -2.48. The molecule has 1 aromatic heterocycles. The third kappa shape index (κ3) is 5.21. The van der Waals surface area contributed by atoms with E-state index in [0.717, 1.165) is 11.3 Å². The summed E-state index contributed by atoms with van der Waals surface area (Å²) in [5.41, 5.74) is 3.22. The lowest BCUT2D eigenvalue weighted by molar-refractivity contribution is -0.123. The number of nitrogens with one attached hydrogen (secondary N) is 2. The highest BCUT2D eigenvalue weighted by Crippen LogP contribution is 2.09. The van der Waals surface area contributed by atoms with E-state index in [1.807, 2.05) is 35.7 Å². The summed E-state index contributed by atoms with van der Waals surface area (Å²) in [7, 11) is 0. The summed E-state index contributed by atoms with van der Waals surface area (Å²) in [4.78, 5) is 29.2. The van der Waals surface area contributed by atoms with E-state index in [9.17, 15) is 14.0 Å². The molecule has 1 heterocycles. The van der Waals surface area contributed by atoms with Crippen LogP contribution in [0.4, 0.5) is 4.39 Å². The Morgan fingerprint density at radius 1 is 1.07 bits per heavy atom. The van der Waals surface area contributed by atoms with E-state index in [-0.39, 0.29) is 18.0 Å². The number of amides is 2. The number of hydrogen-bond acceptors (Lipinski definition) is 4. The molecular weight excluding hydrogens is 365 g/mol. The maximum atomic E-state index is 13.9. The van der Waals surface area contributed by atoms with E-state index < -0.39 is 17.8 Å². The van der Waals surface area contributed by atoms with Crippen molar-refractivity contribution in [2.24, 2.45) is 0 Å². The number of benzene rings is 2. The van der Waals surface area contributed by atoms with Gasteiger partial charge < -0.3 is 10.6 Å². The van der Waals surface area contributed by atoms with Gasteiger partial charge in [-0.05, 0) is 17.7 Å². The quantitative estimate of drug-likeness (QED) is 0.659. The number of nitrogens with zero attached hydrogens (tertiary/aromatic N) is 1. The molecule has 0 fully saturated rings. The van der Waals surface area contributed by atoms with E-state index >= 15 is 0 Å². The van der Waals surface area contributed by atoms with Crippen LogP contribution in [0, 0.1) is 5.82 Å². The van der Waals surface area contributed by atoms with Gasteiger partial charge >= 0.3 is 0 Å². The van der Waals surface area contributed by atoms with Gasteiger partial charge in [0.1, 0.15) is 11.9 Å². The molecule has 3 rings (SSSR count). The third-order valence-electron chi connectivity index (χ3n) is 3.95. The topological polar surface area (TPSA) is 71.1 Å². The van der Waals surface area contributed by atoms with Crippen molar-refractivity contribution in [1.29, 1.82) is 0 Å². The van der Waals surface area contributed by atoms with Crippen LogP contribution in [-0.4, -0.2) is 22.8 Å². The first kappa shape index (κ1) is 18.7. The summed E-state index contributed by atoms with van der Waals surface area (Å²) < 4.78 is 13.9. The van der Waals surface area contributed by atoms with Gasteiger partial charge in [-0.25, -0.2) is 9.37 Å². The van der Waals surface area contributed by atoms with Crippen molar-refractivity contribution >= 4 is 23.2 Å². The molecule has 0 saturated carbocycles. The van der Waals surface area contributed by atoms with Crippen molar-refractivity contribution in [2.75, 3.05) is 0 Å². The van der Waals surface area contributed by atoms with E-state index in [1.54, 1.807) is 11.6 Å². The predicted octanol–water partition coefficient (Wildman–Crippen LogP) is 2.94. The average Bonchev–Trinajstić information content (AvgIpc) is 3.20. The molecule has 0 aliphatic heterocycles. The van der Waals surface area contributed by atoms with Crippen molar-refractivity contribution in [3.05, 3.63) is 88.1 Å². The van der Waals surface area contributed by atoms with Gasteiger partial charge in [0, 0.05) is 11.8 Å². The third-order valence-corrected chi connectivity index (χ3v) is 4.59. The Kier molecular flexibility index (Phi) is 6.27. The van der Waals surface area contributed by atoms with Gasteiger partial charge in [-0.2, -0.15) is 0 Å². The molecule has 0 aliphatic rings. The molecule has 0 saturated heterocycles. The smallest absolute Gasteiger partial charge is 0.254 e. The van der Waals surface area contributed by atoms with Crippen molar-refractivity contribution in [1.82, 2.24) is 15.6 Å². The standard InChI is InChI=1S/C20H18FN3O2S/c21-17-9-5-4-8-16(17)19(25)24-18(10-14-6-2-1-3-7-14)20(26)22-11-15-12-27-13-23-15/h1-9,12-13,18H,10-11H2,(H,22,26)(H,24,25)/t18-/m1/s1. The van der Waals surface area contributed by atoms with Crippen LogP contribution in [0.2, 0.25) is 0 Å². The van der Waals surface area contributed by atoms with Gasteiger partial charge in [-0.1, -0.05) is 42.5 Å². The van der Waals surface area contributed by atoms with Crippen LogP contribution >= 0.6 is 11.3 Å². The summed E-state index contributed by atoms with van der Waals surface area (Å²) in [6.45, 7) is 0.267. The summed E-state index contributed by atoms with van der Waals surface area (Å²) >= 11 is 1.44. The minimum atomic E-state index is -0.835. The highest BCUT2D eigenvalue weighted by Gasteiger charge is 2.23. The molecule has 0 spiro atoms. The van der Waals surface area contributed by atoms with Crippen molar-refractivity contribution in [2.45, 2.75) is 19.0 Å². The molecule has 7 heteroatoms. The minimum absolute atomic E-state index is 0.0946. The van der Waals surface area contributed by atoms with Crippen LogP contribution in [-0.2, 0) is 17.8 Å². The van der Waals surface area contributed by atoms with Crippen LogP contribution < -0.4 is 10.6 Å². The fraction of sp³-hybridized carbons (Fsp3) is 0.150. The van der Waals surface area contributed by atoms with Gasteiger partial charge in [-0.3, -0.25) is 9.59 Å². The maximum Gasteiger partial charge on any atom is 0.254 e. The SMILES string of the molecule is O=C(N[C@H](Cc1ccccc1)C(=O)NCc1cscn1)c1ccccc1F. The molecule has 0 bridgehead atoms. The summed E-state index contributed by atoms with van der Waals surface area (Å²) in [5.74, 6) is -1.61. The zero-order valence-corrected chi connectivity index (χ0v) is 15.2. The second-order valence-corrected chi connectivity index (χ2v) is 6.61. The lowest BCUT2D eigenvalue weighted by Gasteiger charge is -2.19. The molecular formula is C20H18FN3O2S. The summed E-state index contributed by atoms with van der Waals surface area (Å²) in [5, 5.41) is 7.26. The largest absolute Gasteiger partial charge is 0.349 e. The van der Waals surface area contributed by atoms with E-state index in [2.05, 4.69) is 15.6 Å². The molecule has 5 nitrogen and oxygen atoms in total. The normalized spacial score (nSPS) is 11.6. The van der Waals surface area contributed by atoms with Gasteiger partial charge in [0.25, 0.3) is 5.91 Å². The zero-order chi connectivity index (χ0) is 19.1. The minimum Gasteiger partial charge on any atom is -0.349 e. The number of rotatable bonds is 7. The molecule has 0 radical (unpaired) electrons. The molecule has 2 amide bonds. The summed E-state index contributed by atoms with van der Waals surface area (Å²) in [6, 6.07) is 14.2. The monoisotopic (exact) mass is 383 g/mol. The molecule has 2 N–H and O–H groups in total. The first-order chi connectivity index (χ1) is 13.1. The number of aromatic nitrogens is 1. The molecule has 138 valence electrons. The van der Waals surface area contributed by atoms with Crippen molar-refractivity contribution in [3.63, 3.8) is 0 Å². The molecule has 0 unspecified atom stereocenters. The lowest BCUT2D eigenvalue weighted by atomic mass is 10.0. The Hall–Kier alpha value is -3.06. The zero-order valence-electron chi connectivity index (χ0n) is 14.4. The fourth-order valence-corrected chi connectivity index (χ4v) is 3.12. The van der Waals surface area contributed by atoms with Gasteiger partial charge in [0.2, 0.25) is 5.91 Å². The average molecular weight is 383 g/mol. The van der Waals surface area contributed by atoms with Crippen molar-refractivity contribution in [3.8, 4) is 0 Å².